The normalized spacial score (nSPS) is 19.9. The second-order valence-electron chi connectivity index (χ2n) is 5.01. The van der Waals surface area contributed by atoms with Crippen LogP contribution in [0.3, 0.4) is 0 Å². The zero-order valence-corrected chi connectivity index (χ0v) is 13.2. The van der Waals surface area contributed by atoms with Gasteiger partial charge in [0.2, 0.25) is 0 Å². The largest absolute Gasteiger partial charge is 0.465 e. The summed E-state index contributed by atoms with van der Waals surface area (Å²) in [5, 5.41) is 0. The lowest BCUT2D eigenvalue weighted by Gasteiger charge is -2.34. The molecule has 0 saturated carbocycles. The molecule has 2 rings (SSSR count). The van der Waals surface area contributed by atoms with E-state index < -0.39 is 0 Å². The number of halogens is 2. The van der Waals surface area contributed by atoms with Crippen LogP contribution in [0.1, 0.15) is 31.7 Å². The number of esters is 1. The van der Waals surface area contributed by atoms with Crippen molar-refractivity contribution in [2.24, 2.45) is 0 Å². The first-order valence-corrected chi connectivity index (χ1v) is 7.75. The van der Waals surface area contributed by atoms with Gasteiger partial charge in [-0.05, 0) is 50.1 Å². The topological polar surface area (TPSA) is 29.5 Å². The van der Waals surface area contributed by atoms with E-state index in [1.54, 1.807) is 0 Å². The van der Waals surface area contributed by atoms with Crippen LogP contribution in [0.25, 0.3) is 0 Å². The number of ether oxygens (including phenoxy) is 1. The molecule has 1 saturated heterocycles. The Bertz CT molecular complexity index is 461. The van der Waals surface area contributed by atoms with Crippen LogP contribution < -0.4 is 0 Å². The average Bonchev–Trinajstić information content (AvgIpc) is 2.38. The maximum Gasteiger partial charge on any atom is 0.323 e. The molecule has 0 aromatic heterocycles. The van der Waals surface area contributed by atoms with Gasteiger partial charge >= 0.3 is 5.97 Å². The van der Waals surface area contributed by atoms with Crippen LogP contribution in [-0.4, -0.2) is 30.1 Å². The number of piperidine rings is 1. The molecule has 20 heavy (non-hydrogen) atoms. The van der Waals surface area contributed by atoms with Crippen LogP contribution in [0, 0.1) is 5.82 Å². The van der Waals surface area contributed by atoms with E-state index in [1.165, 1.54) is 12.1 Å². The molecule has 0 spiro atoms. The lowest BCUT2D eigenvalue weighted by atomic mass is 10.0. The van der Waals surface area contributed by atoms with Crippen LogP contribution in [0.5, 0.6) is 0 Å². The predicted octanol–water partition coefficient (Wildman–Crippen LogP) is 3.51. The monoisotopic (exact) mass is 343 g/mol. The molecule has 1 unspecified atom stereocenters. The molecule has 1 atom stereocenters. The average molecular weight is 344 g/mol. The maximum atomic E-state index is 13.4. The molecule has 1 aliphatic heterocycles. The van der Waals surface area contributed by atoms with Gasteiger partial charge in [-0.2, -0.15) is 0 Å². The Balaban J connectivity index is 2.10. The van der Waals surface area contributed by atoms with Gasteiger partial charge in [0.15, 0.2) is 0 Å². The third-order valence-electron chi connectivity index (χ3n) is 3.48. The number of hydrogen-bond donors (Lipinski definition) is 0. The maximum absolute atomic E-state index is 13.4. The van der Waals surface area contributed by atoms with E-state index in [2.05, 4.69) is 20.8 Å². The zero-order chi connectivity index (χ0) is 14.5. The summed E-state index contributed by atoms with van der Waals surface area (Å²) >= 11 is 3.30. The minimum Gasteiger partial charge on any atom is -0.465 e. The van der Waals surface area contributed by atoms with E-state index in [0.717, 1.165) is 35.8 Å². The predicted molar refractivity (Wildman–Crippen MR) is 78.8 cm³/mol. The second-order valence-corrected chi connectivity index (χ2v) is 5.93. The number of likely N-dealkylation sites (tertiary alicyclic amines) is 1. The fourth-order valence-electron chi connectivity index (χ4n) is 2.62. The molecule has 0 amide bonds. The first-order valence-electron chi connectivity index (χ1n) is 6.96. The highest BCUT2D eigenvalue weighted by Crippen LogP contribution is 2.22. The summed E-state index contributed by atoms with van der Waals surface area (Å²) < 4.78 is 19.3. The van der Waals surface area contributed by atoms with Crippen molar-refractivity contribution >= 4 is 21.9 Å². The molecular weight excluding hydrogens is 325 g/mol. The van der Waals surface area contributed by atoms with Crippen molar-refractivity contribution in [2.45, 2.75) is 38.8 Å². The molecule has 1 aliphatic rings. The van der Waals surface area contributed by atoms with Gasteiger partial charge in [-0.1, -0.05) is 22.4 Å². The molecule has 1 heterocycles. The number of benzene rings is 1. The number of rotatable bonds is 4. The van der Waals surface area contributed by atoms with Crippen LogP contribution in [0.2, 0.25) is 0 Å². The van der Waals surface area contributed by atoms with Gasteiger partial charge in [0.1, 0.15) is 11.9 Å². The van der Waals surface area contributed by atoms with Crippen molar-refractivity contribution < 1.29 is 13.9 Å². The quantitative estimate of drug-likeness (QED) is 0.783. The molecule has 0 aliphatic carbocycles. The Morgan fingerprint density at radius 1 is 1.45 bits per heavy atom. The highest BCUT2D eigenvalue weighted by Gasteiger charge is 2.29. The number of carbonyl (C=O) groups is 1. The highest BCUT2D eigenvalue weighted by atomic mass is 79.9. The fraction of sp³-hybridized carbons (Fsp3) is 0.533. The van der Waals surface area contributed by atoms with Crippen molar-refractivity contribution in [1.82, 2.24) is 4.90 Å². The fourth-order valence-corrected chi connectivity index (χ4v) is 3.14. The minimum absolute atomic E-state index is 0.164. The molecular formula is C15H19BrFNO2. The molecule has 1 aromatic rings. The molecule has 1 aromatic carbocycles. The Kier molecular flexibility index (Phi) is 5.54. The lowest BCUT2D eigenvalue weighted by molar-refractivity contribution is -0.151. The van der Waals surface area contributed by atoms with Gasteiger partial charge < -0.3 is 4.74 Å². The zero-order valence-electron chi connectivity index (χ0n) is 11.6. The summed E-state index contributed by atoms with van der Waals surface area (Å²) in [6.07, 6.45) is 2.91. The SMILES string of the molecule is CCOC(=O)C1CCCCN1Cc1cc(F)cc(Br)c1. The summed E-state index contributed by atoms with van der Waals surface area (Å²) in [6, 6.07) is 4.63. The molecule has 0 bridgehead atoms. The van der Waals surface area contributed by atoms with E-state index >= 15 is 0 Å². The van der Waals surface area contributed by atoms with E-state index in [9.17, 15) is 9.18 Å². The van der Waals surface area contributed by atoms with Crippen molar-refractivity contribution in [3.05, 3.63) is 34.1 Å². The van der Waals surface area contributed by atoms with Crippen molar-refractivity contribution in [3.63, 3.8) is 0 Å². The van der Waals surface area contributed by atoms with Crippen LogP contribution in [0.4, 0.5) is 4.39 Å². The molecule has 5 heteroatoms. The number of nitrogens with zero attached hydrogens (tertiary/aromatic N) is 1. The first-order chi connectivity index (χ1) is 9.60. The van der Waals surface area contributed by atoms with Gasteiger partial charge in [0.25, 0.3) is 0 Å². The van der Waals surface area contributed by atoms with Crippen LogP contribution in [-0.2, 0) is 16.1 Å². The van der Waals surface area contributed by atoms with Crippen molar-refractivity contribution in [3.8, 4) is 0 Å². The first kappa shape index (κ1) is 15.4. The molecule has 110 valence electrons. The Morgan fingerprint density at radius 2 is 2.25 bits per heavy atom. The summed E-state index contributed by atoms with van der Waals surface area (Å²) in [5.74, 6) is -0.429. The molecule has 0 radical (unpaired) electrons. The summed E-state index contributed by atoms with van der Waals surface area (Å²) in [7, 11) is 0. The lowest BCUT2D eigenvalue weighted by Crippen LogP contribution is -2.44. The second kappa shape index (κ2) is 7.18. The Hall–Kier alpha value is -0.940. The van der Waals surface area contributed by atoms with Crippen LogP contribution in [0.15, 0.2) is 22.7 Å². The van der Waals surface area contributed by atoms with Gasteiger partial charge in [-0.25, -0.2) is 4.39 Å². The van der Waals surface area contributed by atoms with E-state index in [1.807, 2.05) is 13.0 Å². The highest BCUT2D eigenvalue weighted by molar-refractivity contribution is 9.10. The number of carbonyl (C=O) groups excluding carboxylic acids is 1. The van der Waals surface area contributed by atoms with E-state index in [0.29, 0.717) is 13.2 Å². The van der Waals surface area contributed by atoms with E-state index in [4.69, 9.17) is 4.74 Å². The summed E-state index contributed by atoms with van der Waals surface area (Å²) in [4.78, 5) is 14.1. The molecule has 3 nitrogen and oxygen atoms in total. The number of hydrogen-bond acceptors (Lipinski definition) is 3. The third-order valence-corrected chi connectivity index (χ3v) is 3.94. The third kappa shape index (κ3) is 4.03. The van der Waals surface area contributed by atoms with Gasteiger partial charge in [0.05, 0.1) is 6.61 Å². The molecule has 1 fully saturated rings. The van der Waals surface area contributed by atoms with Gasteiger partial charge in [-0.15, -0.1) is 0 Å². The Morgan fingerprint density at radius 3 is 2.95 bits per heavy atom. The summed E-state index contributed by atoms with van der Waals surface area (Å²) in [6.45, 7) is 3.63. The molecule has 0 N–H and O–H groups in total. The van der Waals surface area contributed by atoms with Crippen molar-refractivity contribution in [2.75, 3.05) is 13.2 Å². The minimum atomic E-state index is -0.265. The standard InChI is InChI=1S/C15H19BrFNO2/c1-2-20-15(19)14-5-3-4-6-18(14)10-11-7-12(16)9-13(17)8-11/h7-9,14H,2-6,10H2,1H3. The smallest absolute Gasteiger partial charge is 0.323 e. The Labute approximate surface area is 127 Å². The van der Waals surface area contributed by atoms with Crippen molar-refractivity contribution in [1.29, 1.82) is 0 Å². The summed E-state index contributed by atoms with van der Waals surface area (Å²) in [5.41, 5.74) is 0.869. The van der Waals surface area contributed by atoms with Gasteiger partial charge in [0, 0.05) is 11.0 Å². The van der Waals surface area contributed by atoms with E-state index in [-0.39, 0.29) is 17.8 Å². The van der Waals surface area contributed by atoms with Crippen LogP contribution >= 0.6 is 15.9 Å². The van der Waals surface area contributed by atoms with Gasteiger partial charge in [-0.3, -0.25) is 9.69 Å².